The number of aromatic nitrogens is 2. The predicted molar refractivity (Wildman–Crippen MR) is 75.8 cm³/mol. The first-order chi connectivity index (χ1) is 9.86. The standard InChI is InChI=1S/C15H18F3N3/c1-11(2)10-21-7-6-19-14(21)20-9-12-4-3-5-13(8-12)15(16,17)18/h3-8,11H,9-10H2,1-2H3,(H,19,20). The second-order valence-electron chi connectivity index (χ2n) is 5.35. The van der Waals surface area contributed by atoms with Gasteiger partial charge in [0.25, 0.3) is 0 Å². The molecule has 3 nitrogen and oxygen atoms in total. The molecule has 0 aliphatic heterocycles. The number of imidazole rings is 1. The minimum Gasteiger partial charge on any atom is -0.352 e. The zero-order valence-corrected chi connectivity index (χ0v) is 12.0. The average Bonchev–Trinajstić information content (AvgIpc) is 2.82. The molecule has 0 spiro atoms. The summed E-state index contributed by atoms with van der Waals surface area (Å²) in [5.74, 6) is 1.13. The van der Waals surface area contributed by atoms with E-state index < -0.39 is 11.7 Å². The molecule has 6 heteroatoms. The lowest BCUT2D eigenvalue weighted by atomic mass is 10.1. The van der Waals surface area contributed by atoms with Gasteiger partial charge < -0.3 is 9.88 Å². The van der Waals surface area contributed by atoms with Crippen LogP contribution in [0.25, 0.3) is 0 Å². The van der Waals surface area contributed by atoms with E-state index in [-0.39, 0.29) is 0 Å². The zero-order chi connectivity index (χ0) is 15.5. The quantitative estimate of drug-likeness (QED) is 0.897. The summed E-state index contributed by atoms with van der Waals surface area (Å²) in [7, 11) is 0. The average molecular weight is 297 g/mol. The second kappa shape index (κ2) is 6.20. The SMILES string of the molecule is CC(C)Cn1ccnc1NCc1cccc(C(F)(F)F)c1. The third-order valence-electron chi connectivity index (χ3n) is 2.98. The van der Waals surface area contributed by atoms with Crippen molar-refractivity contribution in [1.29, 1.82) is 0 Å². The van der Waals surface area contributed by atoms with Gasteiger partial charge in [0, 0.05) is 25.5 Å². The fraction of sp³-hybridized carbons (Fsp3) is 0.400. The minimum atomic E-state index is -4.31. The molecule has 0 unspecified atom stereocenters. The van der Waals surface area contributed by atoms with Crippen molar-refractivity contribution in [1.82, 2.24) is 9.55 Å². The largest absolute Gasteiger partial charge is 0.416 e. The summed E-state index contributed by atoms with van der Waals surface area (Å²) in [5, 5.41) is 3.08. The van der Waals surface area contributed by atoms with E-state index in [0.717, 1.165) is 18.7 Å². The maximum absolute atomic E-state index is 12.7. The summed E-state index contributed by atoms with van der Waals surface area (Å²) < 4.78 is 39.9. The van der Waals surface area contributed by atoms with Gasteiger partial charge in [-0.3, -0.25) is 0 Å². The molecule has 2 aromatic rings. The second-order valence-corrected chi connectivity index (χ2v) is 5.35. The van der Waals surface area contributed by atoms with Crippen LogP contribution in [0.5, 0.6) is 0 Å². The van der Waals surface area contributed by atoms with E-state index >= 15 is 0 Å². The number of anilines is 1. The van der Waals surface area contributed by atoms with Crippen molar-refractivity contribution in [2.75, 3.05) is 5.32 Å². The molecule has 0 saturated carbocycles. The van der Waals surface area contributed by atoms with E-state index in [9.17, 15) is 13.2 Å². The molecule has 114 valence electrons. The Morgan fingerprint density at radius 1 is 1.29 bits per heavy atom. The maximum Gasteiger partial charge on any atom is 0.416 e. The molecular formula is C15H18F3N3. The number of benzene rings is 1. The fourth-order valence-electron chi connectivity index (χ4n) is 2.06. The number of hydrogen-bond acceptors (Lipinski definition) is 2. The molecule has 1 aromatic carbocycles. The van der Waals surface area contributed by atoms with Crippen molar-refractivity contribution in [2.24, 2.45) is 5.92 Å². The van der Waals surface area contributed by atoms with Crippen LogP contribution in [0.1, 0.15) is 25.0 Å². The molecule has 1 N–H and O–H groups in total. The third-order valence-corrected chi connectivity index (χ3v) is 2.98. The van der Waals surface area contributed by atoms with Crippen LogP contribution < -0.4 is 5.32 Å². The molecule has 2 rings (SSSR count). The molecule has 0 atom stereocenters. The molecule has 0 saturated heterocycles. The third kappa shape index (κ3) is 4.24. The zero-order valence-electron chi connectivity index (χ0n) is 12.0. The molecule has 1 aromatic heterocycles. The lowest BCUT2D eigenvalue weighted by Gasteiger charge is -2.13. The number of rotatable bonds is 5. The topological polar surface area (TPSA) is 29.9 Å². The van der Waals surface area contributed by atoms with Gasteiger partial charge in [0.15, 0.2) is 0 Å². The van der Waals surface area contributed by atoms with Crippen molar-refractivity contribution in [3.63, 3.8) is 0 Å². The van der Waals surface area contributed by atoms with Crippen molar-refractivity contribution < 1.29 is 13.2 Å². The van der Waals surface area contributed by atoms with Gasteiger partial charge in [-0.15, -0.1) is 0 Å². The van der Waals surface area contributed by atoms with Gasteiger partial charge in [0.05, 0.1) is 5.56 Å². The maximum atomic E-state index is 12.7. The van der Waals surface area contributed by atoms with Crippen LogP contribution in [0, 0.1) is 5.92 Å². The molecule has 0 fully saturated rings. The van der Waals surface area contributed by atoms with Gasteiger partial charge in [-0.25, -0.2) is 4.98 Å². The highest BCUT2D eigenvalue weighted by Gasteiger charge is 2.30. The van der Waals surface area contributed by atoms with Gasteiger partial charge in [0.1, 0.15) is 0 Å². The summed E-state index contributed by atoms with van der Waals surface area (Å²) in [6.07, 6.45) is -0.780. The molecule has 0 amide bonds. The van der Waals surface area contributed by atoms with Crippen LogP contribution in [-0.4, -0.2) is 9.55 Å². The van der Waals surface area contributed by atoms with E-state index in [1.807, 2.05) is 10.8 Å². The van der Waals surface area contributed by atoms with Gasteiger partial charge in [0.2, 0.25) is 5.95 Å². The van der Waals surface area contributed by atoms with Crippen LogP contribution in [0.2, 0.25) is 0 Å². The Kier molecular flexibility index (Phi) is 4.55. The molecule has 0 radical (unpaired) electrons. The summed E-state index contributed by atoms with van der Waals surface area (Å²) in [4.78, 5) is 4.19. The number of halogens is 3. The molecule has 1 heterocycles. The highest BCUT2D eigenvalue weighted by atomic mass is 19.4. The Balaban J connectivity index is 2.05. The number of nitrogens with one attached hydrogen (secondary N) is 1. The normalized spacial score (nSPS) is 11.9. The molecule has 0 aliphatic rings. The fourth-order valence-corrected chi connectivity index (χ4v) is 2.06. The lowest BCUT2D eigenvalue weighted by molar-refractivity contribution is -0.137. The Morgan fingerprint density at radius 2 is 2.05 bits per heavy atom. The number of nitrogens with zero attached hydrogens (tertiary/aromatic N) is 2. The van der Waals surface area contributed by atoms with Crippen LogP contribution in [0.3, 0.4) is 0 Å². The van der Waals surface area contributed by atoms with E-state index in [1.54, 1.807) is 12.3 Å². The van der Waals surface area contributed by atoms with Crippen LogP contribution in [0.4, 0.5) is 19.1 Å². The monoisotopic (exact) mass is 297 g/mol. The van der Waals surface area contributed by atoms with Gasteiger partial charge >= 0.3 is 6.18 Å². The first kappa shape index (κ1) is 15.4. The van der Waals surface area contributed by atoms with Crippen molar-refractivity contribution in [3.05, 3.63) is 47.8 Å². The Labute approximate surface area is 121 Å². The predicted octanol–water partition coefficient (Wildman–Crippen LogP) is 4.17. The Hall–Kier alpha value is -1.98. The van der Waals surface area contributed by atoms with Crippen LogP contribution in [-0.2, 0) is 19.3 Å². The van der Waals surface area contributed by atoms with Crippen molar-refractivity contribution in [2.45, 2.75) is 33.1 Å². The van der Waals surface area contributed by atoms with Gasteiger partial charge in [-0.1, -0.05) is 26.0 Å². The molecule has 21 heavy (non-hydrogen) atoms. The molecule has 0 bridgehead atoms. The Bertz CT molecular complexity index is 588. The molecular weight excluding hydrogens is 279 g/mol. The van der Waals surface area contributed by atoms with Crippen LogP contribution >= 0.6 is 0 Å². The summed E-state index contributed by atoms with van der Waals surface area (Å²) in [6.45, 7) is 5.30. The van der Waals surface area contributed by atoms with E-state index in [4.69, 9.17) is 0 Å². The minimum absolute atomic E-state index is 0.305. The number of alkyl halides is 3. The first-order valence-electron chi connectivity index (χ1n) is 6.77. The van der Waals surface area contributed by atoms with Crippen molar-refractivity contribution in [3.8, 4) is 0 Å². The van der Waals surface area contributed by atoms with E-state index in [1.165, 1.54) is 6.07 Å². The van der Waals surface area contributed by atoms with E-state index in [2.05, 4.69) is 24.1 Å². The van der Waals surface area contributed by atoms with Crippen LogP contribution in [0.15, 0.2) is 36.7 Å². The van der Waals surface area contributed by atoms with E-state index in [0.29, 0.717) is 24.0 Å². The first-order valence-corrected chi connectivity index (χ1v) is 6.77. The summed E-state index contributed by atoms with van der Waals surface area (Å²) in [5.41, 5.74) is -0.0590. The number of hydrogen-bond donors (Lipinski definition) is 1. The summed E-state index contributed by atoms with van der Waals surface area (Å²) >= 11 is 0. The smallest absolute Gasteiger partial charge is 0.352 e. The lowest BCUT2D eigenvalue weighted by Crippen LogP contribution is -2.11. The highest BCUT2D eigenvalue weighted by molar-refractivity contribution is 5.31. The van der Waals surface area contributed by atoms with Crippen molar-refractivity contribution >= 4 is 5.95 Å². The molecule has 0 aliphatic carbocycles. The highest BCUT2D eigenvalue weighted by Crippen LogP contribution is 2.29. The van der Waals surface area contributed by atoms with Gasteiger partial charge in [-0.05, 0) is 23.6 Å². The summed E-state index contributed by atoms with van der Waals surface area (Å²) in [6, 6.07) is 5.31. The Morgan fingerprint density at radius 3 is 2.71 bits per heavy atom. The van der Waals surface area contributed by atoms with Gasteiger partial charge in [-0.2, -0.15) is 13.2 Å².